The Kier molecular flexibility index (Phi) is 5.46. The van der Waals surface area contributed by atoms with Crippen LogP contribution < -0.4 is 11.0 Å². The molecule has 0 aliphatic heterocycles. The first kappa shape index (κ1) is 18.9. The molecule has 2 aromatic heterocycles. The first-order valence-electron chi connectivity index (χ1n) is 8.42. The van der Waals surface area contributed by atoms with Crippen molar-refractivity contribution in [3.8, 4) is 11.3 Å². The Labute approximate surface area is 159 Å². The van der Waals surface area contributed by atoms with Gasteiger partial charge in [0.05, 0.1) is 5.69 Å². The van der Waals surface area contributed by atoms with E-state index < -0.39 is 0 Å². The third kappa shape index (κ3) is 4.46. The molecule has 0 aliphatic rings. The van der Waals surface area contributed by atoms with Gasteiger partial charge in [-0.1, -0.05) is 0 Å². The first-order valence-corrected chi connectivity index (χ1v) is 9.23. The second-order valence-electron chi connectivity index (χ2n) is 6.20. The molecule has 1 amide bonds. The average Bonchev–Trinajstić information content (AvgIpc) is 2.94. The fourth-order valence-corrected chi connectivity index (χ4v) is 3.62. The number of carbonyl (C=O) groups excluding carboxylic acids is 1. The van der Waals surface area contributed by atoms with Crippen LogP contribution in [0, 0.1) is 26.6 Å². The van der Waals surface area contributed by atoms with Gasteiger partial charge in [-0.05, 0) is 51.1 Å². The molecule has 0 fully saturated rings. The van der Waals surface area contributed by atoms with Crippen LogP contribution >= 0.6 is 11.3 Å². The number of aromatic nitrogens is 3. The number of hydrogen-bond donors (Lipinski definition) is 1. The summed E-state index contributed by atoms with van der Waals surface area (Å²) in [7, 11) is 0. The minimum atomic E-state index is -0.357. The molecule has 3 rings (SSSR count). The number of rotatable bonds is 5. The Morgan fingerprint density at radius 2 is 1.89 bits per heavy atom. The summed E-state index contributed by atoms with van der Waals surface area (Å²) in [6, 6.07) is 7.87. The van der Waals surface area contributed by atoms with Crippen molar-refractivity contribution in [2.75, 3.05) is 5.32 Å². The lowest BCUT2D eigenvalue weighted by molar-refractivity contribution is -0.116. The smallest absolute Gasteiger partial charge is 0.302 e. The highest BCUT2D eigenvalue weighted by atomic mass is 32.1. The minimum Gasteiger partial charge on any atom is -0.302 e. The maximum Gasteiger partial charge on any atom is 0.347 e. The number of amides is 1. The Balaban J connectivity index is 1.68. The fourth-order valence-electron chi connectivity index (χ4n) is 2.77. The number of carbonyl (C=O) groups is 1. The third-order valence-corrected chi connectivity index (χ3v) is 4.96. The number of hydrogen-bond acceptors (Lipinski definition) is 5. The fraction of sp³-hybridized carbons (Fsp3) is 0.263. The van der Waals surface area contributed by atoms with E-state index in [1.54, 1.807) is 25.1 Å². The molecule has 0 bridgehead atoms. The summed E-state index contributed by atoms with van der Waals surface area (Å²) in [5.41, 5.74) is 2.57. The van der Waals surface area contributed by atoms with Gasteiger partial charge < -0.3 is 5.32 Å². The van der Waals surface area contributed by atoms with E-state index in [1.165, 1.54) is 28.0 Å². The van der Waals surface area contributed by atoms with Crippen LogP contribution in [0.4, 0.5) is 9.52 Å². The molecule has 8 heteroatoms. The van der Waals surface area contributed by atoms with Crippen molar-refractivity contribution in [1.29, 1.82) is 0 Å². The van der Waals surface area contributed by atoms with Gasteiger partial charge in [0, 0.05) is 34.8 Å². The summed E-state index contributed by atoms with van der Waals surface area (Å²) >= 11 is 1.35. The van der Waals surface area contributed by atoms with Crippen molar-refractivity contribution in [3.63, 3.8) is 0 Å². The van der Waals surface area contributed by atoms with Crippen LogP contribution in [0.1, 0.15) is 22.7 Å². The highest BCUT2D eigenvalue weighted by molar-refractivity contribution is 7.16. The number of nitrogens with one attached hydrogen (secondary N) is 1. The maximum absolute atomic E-state index is 13.1. The lowest BCUT2D eigenvalue weighted by Gasteiger charge is -2.09. The average molecular weight is 386 g/mol. The zero-order chi connectivity index (χ0) is 19.6. The molecule has 0 atom stereocenters. The van der Waals surface area contributed by atoms with E-state index in [2.05, 4.69) is 15.3 Å². The largest absolute Gasteiger partial charge is 0.347 e. The van der Waals surface area contributed by atoms with Crippen molar-refractivity contribution in [1.82, 2.24) is 14.5 Å². The van der Waals surface area contributed by atoms with E-state index in [9.17, 15) is 14.0 Å². The summed E-state index contributed by atoms with van der Waals surface area (Å²) in [5.74, 6) is -0.544. The van der Waals surface area contributed by atoms with Crippen molar-refractivity contribution in [2.45, 2.75) is 33.7 Å². The van der Waals surface area contributed by atoms with Crippen LogP contribution in [0.2, 0.25) is 0 Å². The van der Waals surface area contributed by atoms with Gasteiger partial charge >= 0.3 is 5.69 Å². The zero-order valence-corrected chi connectivity index (χ0v) is 16.1. The summed E-state index contributed by atoms with van der Waals surface area (Å²) in [5, 5.41) is 3.24. The first-order chi connectivity index (χ1) is 12.8. The van der Waals surface area contributed by atoms with Gasteiger partial charge in [-0.3, -0.25) is 9.36 Å². The molecule has 0 spiro atoms. The van der Waals surface area contributed by atoms with Crippen molar-refractivity contribution < 1.29 is 9.18 Å². The van der Waals surface area contributed by atoms with Crippen LogP contribution in [0.25, 0.3) is 11.3 Å². The predicted molar refractivity (Wildman–Crippen MR) is 103 cm³/mol. The summed E-state index contributed by atoms with van der Waals surface area (Å²) in [4.78, 5) is 33.4. The molecule has 0 unspecified atom stereocenters. The van der Waals surface area contributed by atoms with Crippen LogP contribution in [-0.4, -0.2) is 20.4 Å². The molecule has 1 N–H and O–H groups in total. The van der Waals surface area contributed by atoms with Crippen LogP contribution in [0.15, 0.2) is 35.1 Å². The van der Waals surface area contributed by atoms with Crippen molar-refractivity contribution in [3.05, 3.63) is 62.9 Å². The number of halogens is 1. The van der Waals surface area contributed by atoms with Gasteiger partial charge in [-0.2, -0.15) is 4.98 Å². The van der Waals surface area contributed by atoms with Gasteiger partial charge in [0.2, 0.25) is 5.91 Å². The highest BCUT2D eigenvalue weighted by Crippen LogP contribution is 2.30. The molecule has 2 heterocycles. The Bertz CT molecular complexity index is 1040. The molecule has 6 nitrogen and oxygen atoms in total. The number of thiazole rings is 1. The molecule has 3 aromatic rings. The number of aryl methyl sites for hydroxylation is 3. The van der Waals surface area contributed by atoms with E-state index in [0.717, 1.165) is 16.1 Å². The second kappa shape index (κ2) is 7.79. The summed E-state index contributed by atoms with van der Waals surface area (Å²) in [6.45, 7) is 5.72. The quantitative estimate of drug-likeness (QED) is 0.729. The highest BCUT2D eigenvalue weighted by Gasteiger charge is 2.13. The Morgan fingerprint density at radius 3 is 2.56 bits per heavy atom. The van der Waals surface area contributed by atoms with E-state index in [4.69, 9.17) is 0 Å². The van der Waals surface area contributed by atoms with Crippen molar-refractivity contribution in [2.24, 2.45) is 0 Å². The van der Waals surface area contributed by atoms with E-state index >= 15 is 0 Å². The van der Waals surface area contributed by atoms with Crippen LogP contribution in [-0.2, 0) is 11.3 Å². The molecule has 0 saturated carbocycles. The topological polar surface area (TPSA) is 76.9 Å². The number of nitrogens with zero attached hydrogens (tertiary/aromatic N) is 3. The molecule has 0 radical (unpaired) electrons. The van der Waals surface area contributed by atoms with Crippen molar-refractivity contribution >= 4 is 22.4 Å². The lowest BCUT2D eigenvalue weighted by Crippen LogP contribution is -2.27. The summed E-state index contributed by atoms with van der Waals surface area (Å²) < 4.78 is 14.6. The SMILES string of the molecule is Cc1cc(C)n(CCC(=O)Nc2nc(-c3ccc(F)cc3)c(C)s2)c(=O)n1. The van der Waals surface area contributed by atoms with Gasteiger partial charge in [-0.15, -0.1) is 11.3 Å². The molecule has 27 heavy (non-hydrogen) atoms. The molecular formula is C19H19FN4O2S. The zero-order valence-electron chi connectivity index (χ0n) is 15.2. The summed E-state index contributed by atoms with van der Waals surface area (Å²) in [6.07, 6.45) is 0.135. The van der Waals surface area contributed by atoms with Crippen LogP contribution in [0.5, 0.6) is 0 Å². The minimum absolute atomic E-state index is 0.135. The van der Waals surface area contributed by atoms with Gasteiger partial charge in [0.15, 0.2) is 5.13 Å². The standard InChI is InChI=1S/C19H19FN4O2S/c1-11-10-12(2)24(19(26)21-11)9-8-16(25)22-18-23-17(13(3)27-18)14-4-6-15(20)7-5-14/h4-7,10H,8-9H2,1-3H3,(H,22,23,25). The maximum atomic E-state index is 13.1. The van der Waals surface area contributed by atoms with Gasteiger partial charge in [0.25, 0.3) is 0 Å². The predicted octanol–water partition coefficient (Wildman–Crippen LogP) is 3.46. The monoisotopic (exact) mass is 386 g/mol. The van der Waals surface area contributed by atoms with Gasteiger partial charge in [-0.25, -0.2) is 14.2 Å². The van der Waals surface area contributed by atoms with E-state index in [1.807, 2.05) is 13.8 Å². The number of benzene rings is 1. The Hall–Kier alpha value is -2.87. The van der Waals surface area contributed by atoms with Crippen LogP contribution in [0.3, 0.4) is 0 Å². The molecule has 1 aromatic carbocycles. The lowest BCUT2D eigenvalue weighted by atomic mass is 10.1. The van der Waals surface area contributed by atoms with Gasteiger partial charge in [0.1, 0.15) is 5.82 Å². The normalized spacial score (nSPS) is 10.8. The van der Waals surface area contributed by atoms with E-state index in [-0.39, 0.29) is 30.4 Å². The number of anilines is 1. The second-order valence-corrected chi connectivity index (χ2v) is 7.41. The molecule has 140 valence electrons. The molecule has 0 aliphatic carbocycles. The van der Waals surface area contributed by atoms with E-state index in [0.29, 0.717) is 16.5 Å². The Morgan fingerprint density at radius 1 is 1.19 bits per heavy atom. The third-order valence-electron chi connectivity index (χ3n) is 4.07. The molecule has 0 saturated heterocycles. The molecular weight excluding hydrogens is 367 g/mol.